The molecule has 1 aliphatic heterocycles. The van der Waals surface area contributed by atoms with E-state index in [1.807, 2.05) is 12.1 Å². The van der Waals surface area contributed by atoms with E-state index in [1.165, 1.54) is 0 Å². The molecule has 3 N–H and O–H groups in total. The summed E-state index contributed by atoms with van der Waals surface area (Å²) in [5.41, 5.74) is 8.38. The first-order chi connectivity index (χ1) is 8.06. The second-order valence-electron chi connectivity index (χ2n) is 4.81. The lowest BCUT2D eigenvalue weighted by molar-refractivity contribution is -0.116. The molecule has 0 saturated heterocycles. The molecule has 0 bridgehead atoms. The average Bonchev–Trinajstić information content (AvgIpc) is 2.38. The first kappa shape index (κ1) is 11.8. The summed E-state index contributed by atoms with van der Waals surface area (Å²) in [6.07, 6.45) is 1.31. The lowest BCUT2D eigenvalue weighted by atomic mass is 10.0. The summed E-state index contributed by atoms with van der Waals surface area (Å²) in [6, 6.07) is 3.88. The molecule has 0 saturated carbocycles. The van der Waals surface area contributed by atoms with Gasteiger partial charge in [0.1, 0.15) is 0 Å². The zero-order valence-corrected chi connectivity index (χ0v) is 10.2. The quantitative estimate of drug-likeness (QED) is 0.771. The molecule has 1 aromatic rings. The van der Waals surface area contributed by atoms with Crippen molar-refractivity contribution in [3.05, 3.63) is 17.7 Å². The van der Waals surface area contributed by atoms with E-state index in [0.29, 0.717) is 36.1 Å². The van der Waals surface area contributed by atoms with E-state index in [-0.39, 0.29) is 5.91 Å². The maximum absolute atomic E-state index is 11.5. The second kappa shape index (κ2) is 4.65. The van der Waals surface area contributed by atoms with Crippen LogP contribution >= 0.6 is 0 Å². The number of ether oxygens (including phenoxy) is 1. The molecule has 92 valence electrons. The fourth-order valence-corrected chi connectivity index (χ4v) is 2.02. The number of benzene rings is 1. The SMILES string of the molecule is CC(C)Cc1cc(N)c2c(c1)NC(=O)CCO2. The molecule has 0 atom stereocenters. The topological polar surface area (TPSA) is 64.3 Å². The molecule has 4 heteroatoms. The van der Waals surface area contributed by atoms with E-state index in [9.17, 15) is 4.79 Å². The van der Waals surface area contributed by atoms with Gasteiger partial charge in [-0.15, -0.1) is 0 Å². The van der Waals surface area contributed by atoms with Crippen LogP contribution in [0.15, 0.2) is 12.1 Å². The molecule has 1 aliphatic rings. The first-order valence-corrected chi connectivity index (χ1v) is 5.91. The van der Waals surface area contributed by atoms with Crippen molar-refractivity contribution >= 4 is 17.3 Å². The van der Waals surface area contributed by atoms with Gasteiger partial charge >= 0.3 is 0 Å². The summed E-state index contributed by atoms with van der Waals surface area (Å²) in [6.45, 7) is 4.68. The highest BCUT2D eigenvalue weighted by Gasteiger charge is 2.17. The molecule has 1 aromatic carbocycles. The minimum Gasteiger partial charge on any atom is -0.489 e. The summed E-state index contributed by atoms with van der Waals surface area (Å²) >= 11 is 0. The Bertz CT molecular complexity index is 441. The number of anilines is 2. The molecule has 0 unspecified atom stereocenters. The van der Waals surface area contributed by atoms with Gasteiger partial charge < -0.3 is 15.8 Å². The second-order valence-corrected chi connectivity index (χ2v) is 4.81. The van der Waals surface area contributed by atoms with Crippen molar-refractivity contribution < 1.29 is 9.53 Å². The summed E-state index contributed by atoms with van der Waals surface area (Å²) in [5.74, 6) is 1.13. The van der Waals surface area contributed by atoms with Crippen LogP contribution in [0, 0.1) is 5.92 Å². The third kappa shape index (κ3) is 2.70. The zero-order valence-electron chi connectivity index (χ0n) is 10.2. The fraction of sp³-hybridized carbons (Fsp3) is 0.462. The fourth-order valence-electron chi connectivity index (χ4n) is 2.02. The smallest absolute Gasteiger partial charge is 0.227 e. The van der Waals surface area contributed by atoms with E-state index in [1.54, 1.807) is 0 Å². The number of rotatable bonds is 2. The Morgan fingerprint density at radius 2 is 2.24 bits per heavy atom. The molecule has 0 fully saturated rings. The van der Waals surface area contributed by atoms with E-state index >= 15 is 0 Å². The molecule has 0 radical (unpaired) electrons. The van der Waals surface area contributed by atoms with Crippen LogP contribution in [0.5, 0.6) is 5.75 Å². The first-order valence-electron chi connectivity index (χ1n) is 5.91. The van der Waals surface area contributed by atoms with E-state index in [2.05, 4.69) is 19.2 Å². The molecule has 0 spiro atoms. The van der Waals surface area contributed by atoms with Gasteiger partial charge in [-0.1, -0.05) is 13.8 Å². The van der Waals surface area contributed by atoms with Crippen LogP contribution in [0.2, 0.25) is 0 Å². The lowest BCUT2D eigenvalue weighted by Gasteiger charge is -2.13. The van der Waals surface area contributed by atoms with Gasteiger partial charge in [-0.2, -0.15) is 0 Å². The summed E-state index contributed by atoms with van der Waals surface area (Å²) in [7, 11) is 0. The normalized spacial score (nSPS) is 14.9. The zero-order chi connectivity index (χ0) is 12.4. The molecule has 1 heterocycles. The highest BCUT2D eigenvalue weighted by molar-refractivity contribution is 5.94. The standard InChI is InChI=1S/C13H18N2O2/c1-8(2)5-9-6-10(14)13-11(7-9)15-12(16)3-4-17-13/h6-8H,3-5,14H2,1-2H3,(H,15,16). The Balaban J connectivity index is 2.37. The van der Waals surface area contributed by atoms with Crippen LogP contribution in [-0.2, 0) is 11.2 Å². The third-order valence-electron chi connectivity index (χ3n) is 2.67. The van der Waals surface area contributed by atoms with E-state index < -0.39 is 0 Å². The number of nitrogen functional groups attached to an aromatic ring is 1. The Labute approximate surface area is 101 Å². The van der Waals surface area contributed by atoms with Crippen LogP contribution in [0.4, 0.5) is 11.4 Å². The predicted octanol–water partition coefficient (Wildman–Crippen LogP) is 2.19. The maximum atomic E-state index is 11.5. The molecule has 17 heavy (non-hydrogen) atoms. The van der Waals surface area contributed by atoms with Gasteiger partial charge in [0.15, 0.2) is 5.75 Å². The van der Waals surface area contributed by atoms with Crippen LogP contribution < -0.4 is 15.8 Å². The van der Waals surface area contributed by atoms with Crippen LogP contribution in [0.25, 0.3) is 0 Å². The van der Waals surface area contributed by atoms with Crippen LogP contribution in [0.3, 0.4) is 0 Å². The maximum Gasteiger partial charge on any atom is 0.227 e. The van der Waals surface area contributed by atoms with E-state index in [4.69, 9.17) is 10.5 Å². The van der Waals surface area contributed by atoms with Crippen molar-refractivity contribution in [2.24, 2.45) is 5.92 Å². The van der Waals surface area contributed by atoms with Crippen molar-refractivity contribution in [1.82, 2.24) is 0 Å². The highest BCUT2D eigenvalue weighted by Crippen LogP contribution is 2.35. The van der Waals surface area contributed by atoms with Gasteiger partial charge in [0.2, 0.25) is 5.91 Å². The van der Waals surface area contributed by atoms with Gasteiger partial charge in [-0.3, -0.25) is 4.79 Å². The highest BCUT2D eigenvalue weighted by atomic mass is 16.5. The molecular weight excluding hydrogens is 216 g/mol. The number of carbonyl (C=O) groups excluding carboxylic acids is 1. The van der Waals surface area contributed by atoms with E-state index in [0.717, 1.165) is 12.0 Å². The van der Waals surface area contributed by atoms with Gasteiger partial charge in [0.05, 0.1) is 24.4 Å². The summed E-state index contributed by atoms with van der Waals surface area (Å²) in [5, 5.41) is 2.83. The predicted molar refractivity (Wildman–Crippen MR) is 68.1 cm³/mol. The number of hydrogen-bond acceptors (Lipinski definition) is 3. The number of nitrogens with one attached hydrogen (secondary N) is 1. The molecule has 4 nitrogen and oxygen atoms in total. The number of hydrogen-bond donors (Lipinski definition) is 2. The average molecular weight is 234 g/mol. The van der Waals surface area contributed by atoms with Crippen LogP contribution in [-0.4, -0.2) is 12.5 Å². The number of nitrogens with two attached hydrogens (primary N) is 1. The van der Waals surface area contributed by atoms with Crippen molar-refractivity contribution in [1.29, 1.82) is 0 Å². The third-order valence-corrected chi connectivity index (χ3v) is 2.67. The van der Waals surface area contributed by atoms with Crippen molar-refractivity contribution in [3.8, 4) is 5.75 Å². The monoisotopic (exact) mass is 234 g/mol. The molecule has 0 aromatic heterocycles. The summed E-state index contributed by atoms with van der Waals surface area (Å²) in [4.78, 5) is 11.5. The van der Waals surface area contributed by atoms with Crippen molar-refractivity contribution in [3.63, 3.8) is 0 Å². The van der Waals surface area contributed by atoms with Gasteiger partial charge in [0, 0.05) is 0 Å². The molecule has 1 amide bonds. The molecule has 2 rings (SSSR count). The minimum atomic E-state index is -0.0233. The van der Waals surface area contributed by atoms with Gasteiger partial charge in [0.25, 0.3) is 0 Å². The summed E-state index contributed by atoms with van der Waals surface area (Å²) < 4.78 is 5.50. The largest absolute Gasteiger partial charge is 0.489 e. The van der Waals surface area contributed by atoms with Gasteiger partial charge in [-0.05, 0) is 30.0 Å². The Morgan fingerprint density at radius 3 is 2.94 bits per heavy atom. The van der Waals surface area contributed by atoms with Crippen LogP contribution in [0.1, 0.15) is 25.8 Å². The minimum absolute atomic E-state index is 0.0233. The Hall–Kier alpha value is -1.71. The number of carbonyl (C=O) groups is 1. The van der Waals surface area contributed by atoms with Crippen molar-refractivity contribution in [2.45, 2.75) is 26.7 Å². The Kier molecular flexibility index (Phi) is 3.22. The van der Waals surface area contributed by atoms with Crippen molar-refractivity contribution in [2.75, 3.05) is 17.7 Å². The molecule has 0 aliphatic carbocycles. The number of amides is 1. The molecular formula is C13H18N2O2. The van der Waals surface area contributed by atoms with Gasteiger partial charge in [-0.25, -0.2) is 0 Å². The number of fused-ring (bicyclic) bond motifs is 1. The lowest BCUT2D eigenvalue weighted by Crippen LogP contribution is -2.10. The Morgan fingerprint density at radius 1 is 1.47 bits per heavy atom.